The molecule has 0 spiro atoms. The highest BCUT2D eigenvalue weighted by Crippen LogP contribution is 2.31. The van der Waals surface area contributed by atoms with Crippen molar-refractivity contribution < 1.29 is 5.11 Å². The number of piperidine rings is 1. The fourth-order valence-corrected chi connectivity index (χ4v) is 3.43. The van der Waals surface area contributed by atoms with Crippen LogP contribution in [0, 0.1) is 0 Å². The summed E-state index contributed by atoms with van der Waals surface area (Å²) in [7, 11) is 0. The fourth-order valence-electron chi connectivity index (χ4n) is 3.43. The molecule has 1 N–H and O–H groups in total. The number of benzene rings is 1. The molecule has 1 unspecified atom stereocenters. The topological polar surface area (TPSA) is 23.5 Å². The molecule has 2 nitrogen and oxygen atoms in total. The van der Waals surface area contributed by atoms with Crippen molar-refractivity contribution in [2.75, 3.05) is 13.1 Å². The van der Waals surface area contributed by atoms with Gasteiger partial charge in [0.15, 0.2) is 0 Å². The first-order valence-corrected chi connectivity index (χ1v) is 8.51. The van der Waals surface area contributed by atoms with Crippen LogP contribution in [0.5, 0.6) is 0 Å². The van der Waals surface area contributed by atoms with Crippen molar-refractivity contribution in [3.63, 3.8) is 0 Å². The summed E-state index contributed by atoms with van der Waals surface area (Å²) in [6, 6.07) is 11.3. The number of aliphatic hydroxyl groups is 1. The van der Waals surface area contributed by atoms with Gasteiger partial charge in [-0.15, -0.1) is 0 Å². The van der Waals surface area contributed by atoms with Crippen molar-refractivity contribution in [1.82, 2.24) is 4.90 Å². The lowest BCUT2D eigenvalue weighted by Crippen LogP contribution is -2.44. The summed E-state index contributed by atoms with van der Waals surface area (Å²) in [5.74, 6) is 0. The molecule has 0 aromatic heterocycles. The smallest absolute Gasteiger partial charge is 0.0564 e. The van der Waals surface area contributed by atoms with Gasteiger partial charge in [0.25, 0.3) is 0 Å². The minimum atomic E-state index is -0.106. The first-order chi connectivity index (χ1) is 10.4. The third kappa shape index (κ3) is 4.69. The molecule has 0 radical (unpaired) electrons. The second-order valence-corrected chi connectivity index (χ2v) is 7.53. The van der Waals surface area contributed by atoms with Crippen LogP contribution in [-0.2, 0) is 5.41 Å². The number of hydrogen-bond acceptors (Lipinski definition) is 2. The number of hydrogen-bond donors (Lipinski definition) is 1. The number of allylic oxidation sites excluding steroid dienone is 1. The van der Waals surface area contributed by atoms with Gasteiger partial charge >= 0.3 is 0 Å². The Morgan fingerprint density at radius 1 is 1.23 bits per heavy atom. The SMILES string of the molecule is CC(C)=CC(CC(C)(C)c1ccccc1)N1CCC(O)CC1. The minimum Gasteiger partial charge on any atom is -0.393 e. The molecular formula is C20H31NO. The summed E-state index contributed by atoms with van der Waals surface area (Å²) in [5.41, 5.74) is 2.92. The van der Waals surface area contributed by atoms with Crippen LogP contribution in [-0.4, -0.2) is 35.2 Å². The van der Waals surface area contributed by atoms with Crippen LogP contribution in [0.2, 0.25) is 0 Å². The van der Waals surface area contributed by atoms with Crippen LogP contribution in [0.1, 0.15) is 52.5 Å². The zero-order valence-electron chi connectivity index (χ0n) is 14.5. The summed E-state index contributed by atoms with van der Waals surface area (Å²) in [4.78, 5) is 2.55. The quantitative estimate of drug-likeness (QED) is 0.826. The second-order valence-electron chi connectivity index (χ2n) is 7.53. The Bertz CT molecular complexity index is 480. The Morgan fingerprint density at radius 2 is 1.82 bits per heavy atom. The van der Waals surface area contributed by atoms with Gasteiger partial charge in [0.05, 0.1) is 6.10 Å². The van der Waals surface area contributed by atoms with Gasteiger partial charge in [0.1, 0.15) is 0 Å². The molecule has 1 atom stereocenters. The predicted octanol–water partition coefficient (Wildman–Crippen LogP) is 4.15. The van der Waals surface area contributed by atoms with E-state index in [0.717, 1.165) is 32.4 Å². The molecule has 1 aliphatic heterocycles. The van der Waals surface area contributed by atoms with Crippen molar-refractivity contribution in [3.8, 4) is 0 Å². The van der Waals surface area contributed by atoms with E-state index in [1.807, 2.05) is 0 Å². The molecule has 0 aliphatic carbocycles. The van der Waals surface area contributed by atoms with Gasteiger partial charge in [-0.05, 0) is 44.1 Å². The lowest BCUT2D eigenvalue weighted by molar-refractivity contribution is 0.0645. The van der Waals surface area contributed by atoms with Crippen LogP contribution in [0.3, 0.4) is 0 Å². The molecular weight excluding hydrogens is 270 g/mol. The molecule has 2 heteroatoms. The summed E-state index contributed by atoms with van der Waals surface area (Å²) in [6.45, 7) is 11.0. The van der Waals surface area contributed by atoms with Gasteiger partial charge in [-0.1, -0.05) is 55.8 Å². The zero-order valence-corrected chi connectivity index (χ0v) is 14.5. The summed E-state index contributed by atoms with van der Waals surface area (Å²) >= 11 is 0. The number of aliphatic hydroxyl groups excluding tert-OH is 1. The molecule has 1 aromatic carbocycles. The molecule has 1 aromatic rings. The van der Waals surface area contributed by atoms with Crippen LogP contribution in [0.25, 0.3) is 0 Å². The highest BCUT2D eigenvalue weighted by atomic mass is 16.3. The van der Waals surface area contributed by atoms with Gasteiger partial charge in [0, 0.05) is 19.1 Å². The number of rotatable bonds is 5. The average molecular weight is 301 g/mol. The summed E-state index contributed by atoms with van der Waals surface area (Å²) in [5, 5.41) is 9.76. The van der Waals surface area contributed by atoms with Crippen LogP contribution >= 0.6 is 0 Å². The molecule has 1 heterocycles. The van der Waals surface area contributed by atoms with Crippen LogP contribution in [0.4, 0.5) is 0 Å². The molecule has 2 rings (SSSR count). The Balaban J connectivity index is 2.14. The Labute approximate surface area is 135 Å². The third-order valence-corrected chi connectivity index (χ3v) is 4.77. The number of nitrogens with zero attached hydrogens (tertiary/aromatic N) is 1. The lowest BCUT2D eigenvalue weighted by atomic mass is 9.78. The van der Waals surface area contributed by atoms with Gasteiger partial charge in [0.2, 0.25) is 0 Å². The highest BCUT2D eigenvalue weighted by Gasteiger charge is 2.29. The Morgan fingerprint density at radius 3 is 2.36 bits per heavy atom. The molecule has 1 fully saturated rings. The molecule has 0 amide bonds. The predicted molar refractivity (Wildman–Crippen MR) is 94.1 cm³/mol. The molecule has 22 heavy (non-hydrogen) atoms. The van der Waals surface area contributed by atoms with Crippen LogP contribution < -0.4 is 0 Å². The summed E-state index contributed by atoms with van der Waals surface area (Å²) < 4.78 is 0. The monoisotopic (exact) mass is 301 g/mol. The Kier molecular flexibility index (Phi) is 5.82. The third-order valence-electron chi connectivity index (χ3n) is 4.77. The average Bonchev–Trinajstić information content (AvgIpc) is 2.47. The van der Waals surface area contributed by atoms with Crippen molar-refractivity contribution in [3.05, 3.63) is 47.5 Å². The molecule has 0 saturated carbocycles. The minimum absolute atomic E-state index is 0.106. The maximum atomic E-state index is 9.76. The van der Waals surface area contributed by atoms with Gasteiger partial charge < -0.3 is 5.11 Å². The Hall–Kier alpha value is -1.12. The van der Waals surface area contributed by atoms with E-state index < -0.39 is 0 Å². The fraction of sp³-hybridized carbons (Fsp3) is 0.600. The molecule has 1 saturated heterocycles. The zero-order chi connectivity index (χ0) is 16.2. The first-order valence-electron chi connectivity index (χ1n) is 8.51. The van der Waals surface area contributed by atoms with Gasteiger partial charge in [-0.25, -0.2) is 0 Å². The first kappa shape index (κ1) is 17.2. The van der Waals surface area contributed by atoms with Crippen molar-refractivity contribution in [2.24, 2.45) is 0 Å². The van der Waals surface area contributed by atoms with E-state index in [0.29, 0.717) is 6.04 Å². The summed E-state index contributed by atoms with van der Waals surface area (Å²) in [6.07, 6.45) is 5.21. The molecule has 1 aliphatic rings. The van der Waals surface area contributed by atoms with Crippen molar-refractivity contribution >= 4 is 0 Å². The largest absolute Gasteiger partial charge is 0.393 e. The van der Waals surface area contributed by atoms with E-state index in [1.54, 1.807) is 0 Å². The normalized spacial score (nSPS) is 19.0. The standard InChI is InChI=1S/C20H31NO/c1-16(2)14-18(21-12-10-19(22)11-13-21)15-20(3,4)17-8-6-5-7-9-17/h5-9,14,18-19,22H,10-13,15H2,1-4H3. The van der Waals surface area contributed by atoms with Crippen LogP contribution in [0.15, 0.2) is 42.0 Å². The van der Waals surface area contributed by atoms with E-state index in [4.69, 9.17) is 0 Å². The van der Waals surface area contributed by atoms with Crippen molar-refractivity contribution in [2.45, 2.75) is 64.5 Å². The second kappa shape index (κ2) is 7.43. The van der Waals surface area contributed by atoms with Gasteiger partial charge in [-0.2, -0.15) is 0 Å². The molecule has 122 valence electrons. The maximum Gasteiger partial charge on any atom is 0.0564 e. The number of likely N-dealkylation sites (tertiary alicyclic amines) is 1. The van der Waals surface area contributed by atoms with E-state index in [1.165, 1.54) is 11.1 Å². The highest BCUT2D eigenvalue weighted by molar-refractivity contribution is 5.24. The van der Waals surface area contributed by atoms with E-state index in [2.05, 4.69) is 69.0 Å². The van der Waals surface area contributed by atoms with Gasteiger partial charge in [-0.3, -0.25) is 4.90 Å². The van der Waals surface area contributed by atoms with E-state index in [-0.39, 0.29) is 11.5 Å². The van der Waals surface area contributed by atoms with E-state index in [9.17, 15) is 5.11 Å². The molecule has 0 bridgehead atoms. The maximum absolute atomic E-state index is 9.76. The van der Waals surface area contributed by atoms with E-state index >= 15 is 0 Å². The van der Waals surface area contributed by atoms with Crippen molar-refractivity contribution in [1.29, 1.82) is 0 Å². The lowest BCUT2D eigenvalue weighted by Gasteiger charge is -2.39.